The van der Waals surface area contributed by atoms with Gasteiger partial charge in [0.25, 0.3) is 0 Å². The maximum absolute atomic E-state index is 12.8. The lowest BCUT2D eigenvalue weighted by Crippen LogP contribution is -2.61. The topological polar surface area (TPSA) is 102 Å². The molecule has 3 rings (SSSR count). The average Bonchev–Trinajstić information content (AvgIpc) is 3.00. The van der Waals surface area contributed by atoms with Crippen molar-refractivity contribution in [3.63, 3.8) is 0 Å². The number of hydrazine groups is 1. The van der Waals surface area contributed by atoms with Crippen molar-refractivity contribution in [3.05, 3.63) is 23.9 Å². The van der Waals surface area contributed by atoms with Gasteiger partial charge in [-0.05, 0) is 12.1 Å². The van der Waals surface area contributed by atoms with E-state index in [9.17, 15) is 18.0 Å². The minimum absolute atomic E-state index is 0.140. The molecule has 3 heterocycles. The first-order chi connectivity index (χ1) is 11.4. The summed E-state index contributed by atoms with van der Waals surface area (Å²) >= 11 is 0. The minimum atomic E-state index is -4.47. The van der Waals surface area contributed by atoms with Crippen LogP contribution in [-0.2, 0) is 11.0 Å². The number of hydrogen-bond acceptors (Lipinski definition) is 6. The number of nitrogens with zero attached hydrogens (tertiary/aromatic N) is 2. The van der Waals surface area contributed by atoms with E-state index in [1.807, 2.05) is 0 Å². The highest BCUT2D eigenvalue weighted by Crippen LogP contribution is 2.33. The van der Waals surface area contributed by atoms with Crippen LogP contribution in [0.25, 0.3) is 0 Å². The fourth-order valence-corrected chi connectivity index (χ4v) is 2.47. The first-order valence-corrected chi connectivity index (χ1v) is 7.31. The van der Waals surface area contributed by atoms with Crippen LogP contribution in [-0.4, -0.2) is 42.7 Å². The van der Waals surface area contributed by atoms with Gasteiger partial charge in [-0.1, -0.05) is 0 Å². The van der Waals surface area contributed by atoms with Crippen LogP contribution in [0.2, 0.25) is 0 Å². The first-order valence-electron chi connectivity index (χ1n) is 7.31. The Morgan fingerprint density at radius 1 is 1.42 bits per heavy atom. The van der Waals surface area contributed by atoms with Crippen LogP contribution in [0.4, 0.5) is 19.0 Å². The lowest BCUT2D eigenvalue weighted by Gasteiger charge is -2.27. The summed E-state index contributed by atoms with van der Waals surface area (Å²) < 4.78 is 38.5. The summed E-state index contributed by atoms with van der Waals surface area (Å²) in [5.74, 6) is -0.346. The van der Waals surface area contributed by atoms with Gasteiger partial charge >= 0.3 is 6.18 Å². The van der Waals surface area contributed by atoms with E-state index in [-0.39, 0.29) is 42.9 Å². The summed E-state index contributed by atoms with van der Waals surface area (Å²) in [6.45, 7) is 0.820. The predicted octanol–water partition coefficient (Wildman–Crippen LogP) is -0.362. The largest absolute Gasteiger partial charge is 0.419 e. The Labute approximate surface area is 135 Å². The lowest BCUT2D eigenvalue weighted by atomic mass is 10.1. The second kappa shape index (κ2) is 6.61. The summed E-state index contributed by atoms with van der Waals surface area (Å²) in [5.41, 5.74) is 4.95. The molecule has 2 unspecified atom stereocenters. The lowest BCUT2D eigenvalue weighted by molar-refractivity contribution is -0.137. The number of aliphatic imine (C=N–C) groups is 1. The number of alkyl halides is 3. The van der Waals surface area contributed by atoms with E-state index in [0.29, 0.717) is 6.54 Å². The molecule has 5 N–H and O–H groups in total. The zero-order valence-corrected chi connectivity index (χ0v) is 12.4. The molecule has 2 aliphatic rings. The zero-order chi connectivity index (χ0) is 17.2. The number of nitrogens with one attached hydrogen (secondary N) is 5. The van der Waals surface area contributed by atoms with Gasteiger partial charge in [0.1, 0.15) is 12.0 Å². The molecule has 1 amide bonds. The van der Waals surface area contributed by atoms with E-state index in [0.717, 1.165) is 6.07 Å². The van der Waals surface area contributed by atoms with Crippen molar-refractivity contribution in [2.75, 3.05) is 25.0 Å². The third-order valence-corrected chi connectivity index (χ3v) is 3.64. The molecule has 11 heteroatoms. The molecule has 0 aromatic carbocycles. The Morgan fingerprint density at radius 3 is 3.04 bits per heavy atom. The molecule has 0 radical (unpaired) electrons. The monoisotopic (exact) mass is 343 g/mol. The van der Waals surface area contributed by atoms with Gasteiger partial charge < -0.3 is 10.6 Å². The third-order valence-electron chi connectivity index (χ3n) is 3.64. The summed E-state index contributed by atoms with van der Waals surface area (Å²) in [4.78, 5) is 19.7. The number of guanidine groups is 1. The highest BCUT2D eigenvalue weighted by Gasteiger charge is 2.38. The predicted molar refractivity (Wildman–Crippen MR) is 79.7 cm³/mol. The number of carbonyl (C=O) groups excluding carboxylic acids is 1. The smallest absolute Gasteiger partial charge is 0.368 e. The number of anilines is 1. The zero-order valence-electron chi connectivity index (χ0n) is 12.4. The second-order valence-corrected chi connectivity index (χ2v) is 5.30. The Bertz CT molecular complexity index is 649. The van der Waals surface area contributed by atoms with E-state index in [2.05, 4.69) is 36.8 Å². The molecule has 2 saturated heterocycles. The molecule has 0 spiro atoms. The number of aromatic nitrogens is 1. The van der Waals surface area contributed by atoms with Gasteiger partial charge in [-0.2, -0.15) is 13.2 Å². The average molecular weight is 343 g/mol. The molecule has 24 heavy (non-hydrogen) atoms. The van der Waals surface area contributed by atoms with Crippen molar-refractivity contribution in [1.29, 1.82) is 0 Å². The first kappa shape index (κ1) is 16.5. The molecule has 2 aliphatic heterocycles. The normalized spacial score (nSPS) is 25.1. The molecular weight excluding hydrogens is 327 g/mol. The maximum atomic E-state index is 12.8. The van der Waals surface area contributed by atoms with E-state index >= 15 is 0 Å². The van der Waals surface area contributed by atoms with E-state index < -0.39 is 11.7 Å². The number of halogens is 3. The summed E-state index contributed by atoms with van der Waals surface area (Å²) in [5, 5.41) is 8.23. The molecule has 1 aromatic heterocycles. The van der Waals surface area contributed by atoms with Gasteiger partial charge in [0, 0.05) is 19.3 Å². The molecular formula is C13H16F3N7O. The van der Waals surface area contributed by atoms with Crippen LogP contribution in [0.5, 0.6) is 0 Å². The van der Waals surface area contributed by atoms with Crippen molar-refractivity contribution in [3.8, 4) is 0 Å². The number of carbonyl (C=O) groups is 1. The summed E-state index contributed by atoms with van der Waals surface area (Å²) in [6.07, 6.45) is -3.44. The SMILES string of the molecule is O=C1NC(=NCCNc2ncccc2C(F)(F)F)NC2NNCC12. The van der Waals surface area contributed by atoms with Crippen molar-refractivity contribution < 1.29 is 18.0 Å². The van der Waals surface area contributed by atoms with E-state index in [1.54, 1.807) is 0 Å². The number of amides is 1. The van der Waals surface area contributed by atoms with Crippen molar-refractivity contribution >= 4 is 17.7 Å². The highest BCUT2D eigenvalue weighted by atomic mass is 19.4. The minimum Gasteiger partial charge on any atom is -0.368 e. The van der Waals surface area contributed by atoms with Gasteiger partial charge in [0.05, 0.1) is 18.0 Å². The Kier molecular flexibility index (Phi) is 4.53. The van der Waals surface area contributed by atoms with Gasteiger partial charge in [0.2, 0.25) is 5.91 Å². The maximum Gasteiger partial charge on any atom is 0.419 e. The number of rotatable bonds is 4. The molecule has 8 nitrogen and oxygen atoms in total. The Hall–Kier alpha value is -2.40. The van der Waals surface area contributed by atoms with Crippen molar-refractivity contribution in [2.45, 2.75) is 12.3 Å². The molecule has 2 fully saturated rings. The van der Waals surface area contributed by atoms with Crippen LogP contribution in [0.3, 0.4) is 0 Å². The van der Waals surface area contributed by atoms with Crippen LogP contribution in [0.1, 0.15) is 5.56 Å². The third kappa shape index (κ3) is 3.57. The van der Waals surface area contributed by atoms with Gasteiger partial charge in [-0.15, -0.1) is 0 Å². The molecule has 0 saturated carbocycles. The molecule has 0 bridgehead atoms. The standard InChI is InChI=1S/C13H16F3N7O/c14-13(15,16)8-2-1-3-17-10(8)18-4-5-19-12-21-9-7(6-20-23-9)11(24)22-12/h1-3,7,9,20,23H,4-6H2,(H,17,18)(H2,19,21,22,24). The van der Waals surface area contributed by atoms with E-state index in [1.165, 1.54) is 12.3 Å². The van der Waals surface area contributed by atoms with Crippen LogP contribution in [0, 0.1) is 5.92 Å². The molecule has 1 aromatic rings. The quantitative estimate of drug-likeness (QED) is 0.479. The number of hydrogen-bond donors (Lipinski definition) is 5. The van der Waals surface area contributed by atoms with Crippen LogP contribution >= 0.6 is 0 Å². The molecule has 130 valence electrons. The second-order valence-electron chi connectivity index (χ2n) is 5.30. The highest BCUT2D eigenvalue weighted by molar-refractivity contribution is 6.01. The Balaban J connectivity index is 1.55. The van der Waals surface area contributed by atoms with Gasteiger partial charge in [0.15, 0.2) is 5.96 Å². The fraction of sp³-hybridized carbons (Fsp3) is 0.462. The molecule has 0 aliphatic carbocycles. The van der Waals surface area contributed by atoms with Crippen LogP contribution < -0.4 is 26.8 Å². The van der Waals surface area contributed by atoms with Crippen molar-refractivity contribution in [2.24, 2.45) is 10.9 Å². The fourth-order valence-electron chi connectivity index (χ4n) is 2.47. The Morgan fingerprint density at radius 2 is 2.25 bits per heavy atom. The van der Waals surface area contributed by atoms with Crippen LogP contribution in [0.15, 0.2) is 23.3 Å². The number of fused-ring (bicyclic) bond motifs is 1. The molecule has 2 atom stereocenters. The van der Waals surface area contributed by atoms with E-state index in [4.69, 9.17) is 0 Å². The summed E-state index contributed by atoms with van der Waals surface area (Å²) in [6, 6.07) is 2.19. The number of pyridine rings is 1. The van der Waals surface area contributed by atoms with Gasteiger partial charge in [-0.3, -0.25) is 20.5 Å². The van der Waals surface area contributed by atoms with Gasteiger partial charge in [-0.25, -0.2) is 10.4 Å². The van der Waals surface area contributed by atoms with Crippen molar-refractivity contribution in [1.82, 2.24) is 26.5 Å². The summed E-state index contributed by atoms with van der Waals surface area (Å²) in [7, 11) is 0.